The van der Waals surface area contributed by atoms with Gasteiger partial charge in [0.15, 0.2) is 0 Å². The minimum absolute atomic E-state index is 0.106. The van der Waals surface area contributed by atoms with Crippen LogP contribution in [0.3, 0.4) is 0 Å². The number of hydrogen-bond acceptors (Lipinski definition) is 2. The molecule has 0 saturated heterocycles. The number of benzene rings is 2. The average Bonchev–Trinajstić information content (AvgIpc) is 2.39. The Labute approximate surface area is 124 Å². The quantitative estimate of drug-likeness (QED) is 0.632. The van der Waals surface area contributed by atoms with Gasteiger partial charge >= 0.3 is 6.36 Å². The SMILES string of the molecule is Nc1ccc(Cl)cc1C#Cc1ccccc1OC(F)(F)F. The van der Waals surface area contributed by atoms with Crippen molar-refractivity contribution < 1.29 is 17.9 Å². The maximum absolute atomic E-state index is 12.3. The Morgan fingerprint density at radius 2 is 1.67 bits per heavy atom. The monoisotopic (exact) mass is 311 g/mol. The molecule has 0 spiro atoms. The smallest absolute Gasteiger partial charge is 0.404 e. The first-order chi connectivity index (χ1) is 9.85. The maximum Gasteiger partial charge on any atom is 0.573 e. The van der Waals surface area contributed by atoms with Gasteiger partial charge in [0.2, 0.25) is 0 Å². The van der Waals surface area contributed by atoms with Gasteiger partial charge in [-0.25, -0.2) is 0 Å². The van der Waals surface area contributed by atoms with Gasteiger partial charge in [-0.1, -0.05) is 35.6 Å². The highest BCUT2D eigenvalue weighted by Crippen LogP contribution is 2.26. The van der Waals surface area contributed by atoms with Crippen LogP contribution in [-0.2, 0) is 0 Å². The molecule has 2 N–H and O–H groups in total. The summed E-state index contributed by atoms with van der Waals surface area (Å²) in [5.41, 5.74) is 6.65. The number of alkyl halides is 3. The summed E-state index contributed by atoms with van der Waals surface area (Å²) < 4.78 is 40.8. The third-order valence-corrected chi connectivity index (χ3v) is 2.70. The average molecular weight is 312 g/mol. The number of ether oxygens (including phenoxy) is 1. The lowest BCUT2D eigenvalue weighted by Gasteiger charge is -2.09. The highest BCUT2D eigenvalue weighted by atomic mass is 35.5. The fourth-order valence-electron chi connectivity index (χ4n) is 1.56. The first kappa shape index (κ1) is 15.1. The van der Waals surface area contributed by atoms with Crippen molar-refractivity contribution in [3.63, 3.8) is 0 Å². The maximum atomic E-state index is 12.3. The molecule has 0 bridgehead atoms. The molecule has 2 nitrogen and oxygen atoms in total. The van der Waals surface area contributed by atoms with E-state index in [0.29, 0.717) is 16.3 Å². The standard InChI is InChI=1S/C15H9ClF3NO/c16-12-7-8-13(20)11(9-12)6-5-10-3-1-2-4-14(10)21-15(17,18)19/h1-4,7-9H,20H2. The molecule has 0 saturated carbocycles. The highest BCUT2D eigenvalue weighted by molar-refractivity contribution is 6.30. The van der Waals surface area contributed by atoms with Gasteiger partial charge in [-0.15, -0.1) is 13.2 Å². The Kier molecular flexibility index (Phi) is 4.29. The molecule has 0 fully saturated rings. The third kappa shape index (κ3) is 4.33. The second kappa shape index (κ2) is 5.98. The number of halogens is 4. The van der Waals surface area contributed by atoms with Gasteiger partial charge in [0.1, 0.15) is 5.75 Å². The van der Waals surface area contributed by atoms with Crippen molar-refractivity contribution in [3.05, 3.63) is 58.6 Å². The van der Waals surface area contributed by atoms with E-state index < -0.39 is 6.36 Å². The minimum atomic E-state index is -4.77. The molecule has 0 unspecified atom stereocenters. The molecule has 0 radical (unpaired) electrons. The third-order valence-electron chi connectivity index (χ3n) is 2.46. The number of hydrogen-bond donors (Lipinski definition) is 1. The van der Waals surface area contributed by atoms with Crippen molar-refractivity contribution in [1.29, 1.82) is 0 Å². The van der Waals surface area contributed by atoms with E-state index >= 15 is 0 Å². The van der Waals surface area contributed by atoms with Crippen LogP contribution in [0, 0.1) is 11.8 Å². The number of nitrogens with two attached hydrogens (primary N) is 1. The van der Waals surface area contributed by atoms with Crippen LogP contribution in [-0.4, -0.2) is 6.36 Å². The molecule has 0 aliphatic carbocycles. The van der Waals surface area contributed by atoms with Gasteiger partial charge in [0.05, 0.1) is 5.56 Å². The number of anilines is 1. The molecule has 0 amide bonds. The molecule has 0 atom stereocenters. The predicted octanol–water partition coefficient (Wildman–Crippen LogP) is 4.22. The first-order valence-corrected chi connectivity index (χ1v) is 6.15. The largest absolute Gasteiger partial charge is 0.573 e. The Morgan fingerprint density at radius 1 is 1.00 bits per heavy atom. The summed E-state index contributed by atoms with van der Waals surface area (Å²) in [7, 11) is 0. The van der Waals surface area contributed by atoms with Crippen LogP contribution >= 0.6 is 11.6 Å². The molecule has 0 heterocycles. The minimum Gasteiger partial charge on any atom is -0.404 e. The molecule has 2 aromatic carbocycles. The molecule has 2 aromatic rings. The number of rotatable bonds is 1. The topological polar surface area (TPSA) is 35.2 Å². The van der Waals surface area contributed by atoms with Gasteiger partial charge in [0, 0.05) is 16.3 Å². The van der Waals surface area contributed by atoms with Crippen molar-refractivity contribution >= 4 is 17.3 Å². The molecular formula is C15H9ClF3NO. The van der Waals surface area contributed by atoms with E-state index in [4.69, 9.17) is 17.3 Å². The van der Waals surface area contributed by atoms with Gasteiger partial charge < -0.3 is 10.5 Å². The van der Waals surface area contributed by atoms with Crippen molar-refractivity contribution in [3.8, 4) is 17.6 Å². The van der Waals surface area contributed by atoms with Crippen LogP contribution < -0.4 is 10.5 Å². The van der Waals surface area contributed by atoms with Gasteiger partial charge in [0.25, 0.3) is 0 Å². The van der Waals surface area contributed by atoms with E-state index in [9.17, 15) is 13.2 Å². The predicted molar refractivity (Wildman–Crippen MR) is 75.0 cm³/mol. The lowest BCUT2D eigenvalue weighted by molar-refractivity contribution is -0.274. The van der Waals surface area contributed by atoms with E-state index in [1.165, 1.54) is 24.3 Å². The zero-order chi connectivity index (χ0) is 15.5. The van der Waals surface area contributed by atoms with Crippen LogP contribution in [0.1, 0.15) is 11.1 Å². The van der Waals surface area contributed by atoms with E-state index in [1.54, 1.807) is 18.2 Å². The normalized spacial score (nSPS) is 10.7. The van der Waals surface area contributed by atoms with Gasteiger partial charge in [-0.3, -0.25) is 0 Å². The second-order valence-electron chi connectivity index (χ2n) is 4.03. The Bertz CT molecular complexity index is 717. The molecular weight excluding hydrogens is 303 g/mol. The van der Waals surface area contributed by atoms with Crippen LogP contribution in [0.2, 0.25) is 5.02 Å². The summed E-state index contributed by atoms with van der Waals surface area (Å²) >= 11 is 5.82. The van der Waals surface area contributed by atoms with E-state index in [2.05, 4.69) is 16.6 Å². The fraction of sp³-hybridized carbons (Fsp3) is 0.0667. The zero-order valence-electron chi connectivity index (χ0n) is 10.5. The molecule has 0 aliphatic heterocycles. The van der Waals surface area contributed by atoms with Crippen LogP contribution in [0.5, 0.6) is 5.75 Å². The van der Waals surface area contributed by atoms with Gasteiger partial charge in [-0.2, -0.15) is 0 Å². The van der Waals surface area contributed by atoms with Crippen molar-refractivity contribution in [2.75, 3.05) is 5.73 Å². The van der Waals surface area contributed by atoms with Crippen molar-refractivity contribution in [1.82, 2.24) is 0 Å². The summed E-state index contributed by atoms with van der Waals surface area (Å²) in [6, 6.07) is 10.3. The van der Waals surface area contributed by atoms with Crippen LogP contribution in [0.15, 0.2) is 42.5 Å². The van der Waals surface area contributed by atoms with Gasteiger partial charge in [-0.05, 0) is 30.3 Å². The van der Waals surface area contributed by atoms with E-state index in [1.807, 2.05) is 0 Å². The molecule has 21 heavy (non-hydrogen) atoms. The van der Waals surface area contributed by atoms with Crippen LogP contribution in [0.25, 0.3) is 0 Å². The Balaban J connectivity index is 2.37. The molecule has 2 rings (SSSR count). The second-order valence-corrected chi connectivity index (χ2v) is 4.46. The van der Waals surface area contributed by atoms with Crippen LogP contribution in [0.4, 0.5) is 18.9 Å². The lowest BCUT2D eigenvalue weighted by atomic mass is 10.1. The number of para-hydroxylation sites is 1. The number of nitrogen functional groups attached to an aromatic ring is 1. The Morgan fingerprint density at radius 3 is 2.38 bits per heavy atom. The summed E-state index contributed by atoms with van der Waals surface area (Å²) in [5.74, 6) is 4.93. The van der Waals surface area contributed by atoms with Crippen molar-refractivity contribution in [2.45, 2.75) is 6.36 Å². The zero-order valence-corrected chi connectivity index (χ0v) is 11.3. The summed E-state index contributed by atoms with van der Waals surface area (Å²) in [6.07, 6.45) is -4.77. The molecule has 6 heteroatoms. The lowest BCUT2D eigenvalue weighted by Crippen LogP contribution is -2.17. The molecule has 108 valence electrons. The van der Waals surface area contributed by atoms with E-state index in [-0.39, 0.29) is 11.3 Å². The Hall–Kier alpha value is -2.32. The first-order valence-electron chi connectivity index (χ1n) is 5.77. The summed E-state index contributed by atoms with van der Waals surface area (Å²) in [4.78, 5) is 0. The molecule has 0 aromatic heterocycles. The highest BCUT2D eigenvalue weighted by Gasteiger charge is 2.31. The van der Waals surface area contributed by atoms with E-state index in [0.717, 1.165) is 0 Å². The summed E-state index contributed by atoms with van der Waals surface area (Å²) in [5, 5.41) is 0.438. The molecule has 0 aliphatic rings. The van der Waals surface area contributed by atoms with Crippen molar-refractivity contribution in [2.24, 2.45) is 0 Å². The fourth-order valence-corrected chi connectivity index (χ4v) is 1.73. The summed E-state index contributed by atoms with van der Waals surface area (Å²) in [6.45, 7) is 0.